The third-order valence-corrected chi connectivity index (χ3v) is 4.93. The molecule has 0 radical (unpaired) electrons. The monoisotopic (exact) mass is 400 g/mol. The van der Waals surface area contributed by atoms with Crippen molar-refractivity contribution in [2.45, 2.75) is 6.61 Å². The SMILES string of the molecule is O=C1C(=CC2=Cc3ccccc3OC2)Oc2cc(OCc3ccc(F)cc3)ccc21. The highest BCUT2D eigenvalue weighted by Gasteiger charge is 2.28. The number of hydrogen-bond donors (Lipinski definition) is 0. The molecular formula is C25H17FO4. The van der Waals surface area contributed by atoms with Crippen LogP contribution in [0.1, 0.15) is 21.5 Å². The zero-order chi connectivity index (χ0) is 20.5. The Balaban J connectivity index is 1.33. The number of carbonyl (C=O) groups excluding carboxylic acids is 1. The Kier molecular flexibility index (Phi) is 4.56. The van der Waals surface area contributed by atoms with Crippen molar-refractivity contribution in [1.82, 2.24) is 0 Å². The molecule has 0 fully saturated rings. The van der Waals surface area contributed by atoms with Crippen molar-refractivity contribution in [2.24, 2.45) is 0 Å². The van der Waals surface area contributed by atoms with Crippen LogP contribution in [-0.4, -0.2) is 12.4 Å². The van der Waals surface area contributed by atoms with Gasteiger partial charge in [0, 0.05) is 11.6 Å². The third-order valence-electron chi connectivity index (χ3n) is 4.93. The summed E-state index contributed by atoms with van der Waals surface area (Å²) in [5.74, 6) is 1.65. The summed E-state index contributed by atoms with van der Waals surface area (Å²) in [5.41, 5.74) is 3.17. The second kappa shape index (κ2) is 7.52. The maximum Gasteiger partial charge on any atom is 0.231 e. The Hall–Kier alpha value is -3.86. The standard InChI is InChI=1S/C25H17FO4/c26-19-7-5-16(6-8-19)14-28-20-9-10-21-23(13-20)30-24(25(21)27)12-17-11-18-3-1-2-4-22(18)29-15-17/h1-13H,14-15H2. The lowest BCUT2D eigenvalue weighted by Gasteiger charge is -2.15. The quantitative estimate of drug-likeness (QED) is 0.555. The smallest absolute Gasteiger partial charge is 0.231 e. The van der Waals surface area contributed by atoms with E-state index < -0.39 is 0 Å². The number of rotatable bonds is 4. The number of hydrogen-bond acceptors (Lipinski definition) is 4. The first-order valence-corrected chi connectivity index (χ1v) is 9.54. The molecule has 2 aliphatic heterocycles. The number of carbonyl (C=O) groups is 1. The molecule has 5 rings (SSSR count). The summed E-state index contributed by atoms with van der Waals surface area (Å²) < 4.78 is 30.3. The van der Waals surface area contributed by atoms with Crippen LogP contribution in [0.15, 0.2) is 84.1 Å². The summed E-state index contributed by atoms with van der Waals surface area (Å²) in [6.07, 6.45) is 3.71. The van der Waals surface area contributed by atoms with Gasteiger partial charge in [-0.1, -0.05) is 30.3 Å². The van der Waals surface area contributed by atoms with Gasteiger partial charge in [-0.2, -0.15) is 0 Å². The first-order chi connectivity index (χ1) is 14.7. The van der Waals surface area contributed by atoms with E-state index in [0.717, 1.165) is 22.4 Å². The average Bonchev–Trinajstić information content (AvgIpc) is 3.08. The molecule has 0 spiro atoms. The van der Waals surface area contributed by atoms with Gasteiger partial charge in [0.15, 0.2) is 5.76 Å². The van der Waals surface area contributed by atoms with Gasteiger partial charge in [0.05, 0.1) is 5.56 Å². The maximum absolute atomic E-state index is 13.0. The van der Waals surface area contributed by atoms with E-state index in [9.17, 15) is 9.18 Å². The van der Waals surface area contributed by atoms with Gasteiger partial charge in [-0.05, 0) is 53.6 Å². The molecule has 0 unspecified atom stereocenters. The number of ether oxygens (including phenoxy) is 3. The first-order valence-electron chi connectivity index (χ1n) is 9.54. The van der Waals surface area contributed by atoms with Crippen LogP contribution < -0.4 is 14.2 Å². The van der Waals surface area contributed by atoms with Crippen LogP contribution in [0.4, 0.5) is 4.39 Å². The molecule has 0 N–H and O–H groups in total. The van der Waals surface area contributed by atoms with Crippen molar-refractivity contribution in [3.8, 4) is 17.2 Å². The van der Waals surface area contributed by atoms with Gasteiger partial charge in [-0.25, -0.2) is 4.39 Å². The molecule has 0 saturated carbocycles. The molecule has 0 saturated heterocycles. The molecule has 0 aromatic heterocycles. The Morgan fingerprint density at radius 3 is 2.70 bits per heavy atom. The Bertz CT molecular complexity index is 1190. The molecule has 0 bridgehead atoms. The second-order valence-corrected chi connectivity index (χ2v) is 7.06. The zero-order valence-corrected chi connectivity index (χ0v) is 15.9. The molecule has 0 aliphatic carbocycles. The fraction of sp³-hybridized carbons (Fsp3) is 0.0800. The number of fused-ring (bicyclic) bond motifs is 2. The summed E-state index contributed by atoms with van der Waals surface area (Å²) in [4.78, 5) is 12.7. The molecular weight excluding hydrogens is 383 g/mol. The van der Waals surface area contributed by atoms with Crippen molar-refractivity contribution in [2.75, 3.05) is 6.61 Å². The fourth-order valence-electron chi connectivity index (χ4n) is 3.39. The van der Waals surface area contributed by atoms with Crippen molar-refractivity contribution >= 4 is 11.9 Å². The van der Waals surface area contributed by atoms with E-state index >= 15 is 0 Å². The Labute approximate surface area is 172 Å². The van der Waals surface area contributed by atoms with Crippen LogP contribution in [0.2, 0.25) is 0 Å². The van der Waals surface area contributed by atoms with E-state index in [1.807, 2.05) is 30.3 Å². The van der Waals surface area contributed by atoms with Gasteiger partial charge < -0.3 is 14.2 Å². The second-order valence-electron chi connectivity index (χ2n) is 7.06. The van der Waals surface area contributed by atoms with E-state index in [1.165, 1.54) is 12.1 Å². The lowest BCUT2D eigenvalue weighted by atomic mass is 10.1. The predicted molar refractivity (Wildman–Crippen MR) is 110 cm³/mol. The first kappa shape index (κ1) is 18.2. The minimum Gasteiger partial charge on any atom is -0.489 e. The number of Topliss-reactive ketones (excluding diaryl/α,β-unsaturated/α-hetero) is 1. The van der Waals surface area contributed by atoms with Gasteiger partial charge >= 0.3 is 0 Å². The van der Waals surface area contributed by atoms with Crippen LogP contribution in [0.5, 0.6) is 17.2 Å². The molecule has 3 aromatic carbocycles. The Morgan fingerprint density at radius 1 is 1.00 bits per heavy atom. The van der Waals surface area contributed by atoms with E-state index in [4.69, 9.17) is 14.2 Å². The number of allylic oxidation sites excluding steroid dienone is 1. The van der Waals surface area contributed by atoms with Crippen LogP contribution in [0, 0.1) is 5.82 Å². The Morgan fingerprint density at radius 2 is 1.83 bits per heavy atom. The molecule has 2 aliphatic rings. The third kappa shape index (κ3) is 3.57. The van der Waals surface area contributed by atoms with Gasteiger partial charge in [0.2, 0.25) is 5.78 Å². The van der Waals surface area contributed by atoms with E-state index in [0.29, 0.717) is 30.3 Å². The van der Waals surface area contributed by atoms with Crippen LogP contribution in [-0.2, 0) is 6.61 Å². The molecule has 2 heterocycles. The topological polar surface area (TPSA) is 44.8 Å². The molecule has 0 amide bonds. The van der Waals surface area contributed by atoms with Crippen LogP contribution in [0.3, 0.4) is 0 Å². The molecule has 5 heteroatoms. The van der Waals surface area contributed by atoms with Crippen molar-refractivity contribution in [1.29, 1.82) is 0 Å². The molecule has 148 valence electrons. The van der Waals surface area contributed by atoms with Crippen molar-refractivity contribution in [3.05, 3.63) is 107 Å². The maximum atomic E-state index is 13.0. The minimum atomic E-state index is -0.288. The predicted octanol–water partition coefficient (Wildman–Crippen LogP) is 5.34. The summed E-state index contributed by atoms with van der Waals surface area (Å²) in [5, 5.41) is 0. The normalized spacial score (nSPS) is 15.7. The van der Waals surface area contributed by atoms with Crippen LogP contribution in [0.25, 0.3) is 6.08 Å². The van der Waals surface area contributed by atoms with Gasteiger partial charge in [0.1, 0.15) is 36.3 Å². The van der Waals surface area contributed by atoms with Gasteiger partial charge in [-0.3, -0.25) is 4.79 Å². The molecule has 0 atom stereocenters. The zero-order valence-electron chi connectivity index (χ0n) is 15.9. The molecule has 4 nitrogen and oxygen atoms in total. The van der Waals surface area contributed by atoms with Gasteiger partial charge in [0.25, 0.3) is 0 Å². The fourth-order valence-corrected chi connectivity index (χ4v) is 3.39. The molecule has 30 heavy (non-hydrogen) atoms. The number of para-hydroxylation sites is 1. The largest absolute Gasteiger partial charge is 0.489 e. The van der Waals surface area contributed by atoms with Crippen molar-refractivity contribution < 1.29 is 23.4 Å². The highest BCUT2D eigenvalue weighted by atomic mass is 19.1. The lowest BCUT2D eigenvalue weighted by molar-refractivity contribution is 0.101. The summed E-state index contributed by atoms with van der Waals surface area (Å²) >= 11 is 0. The highest BCUT2D eigenvalue weighted by Crippen LogP contribution is 2.35. The summed E-state index contributed by atoms with van der Waals surface area (Å²) in [6, 6.07) is 19.0. The number of ketones is 1. The van der Waals surface area contributed by atoms with Gasteiger partial charge in [-0.15, -0.1) is 0 Å². The van der Waals surface area contributed by atoms with Crippen LogP contribution >= 0.6 is 0 Å². The van der Waals surface area contributed by atoms with E-state index in [1.54, 1.807) is 36.4 Å². The number of benzene rings is 3. The minimum absolute atomic E-state index is 0.171. The van der Waals surface area contributed by atoms with E-state index in [-0.39, 0.29) is 17.4 Å². The van der Waals surface area contributed by atoms with E-state index in [2.05, 4.69) is 0 Å². The number of halogens is 1. The average molecular weight is 400 g/mol. The summed E-state index contributed by atoms with van der Waals surface area (Å²) in [7, 11) is 0. The highest BCUT2D eigenvalue weighted by molar-refractivity contribution is 6.12. The lowest BCUT2D eigenvalue weighted by Crippen LogP contribution is -2.08. The van der Waals surface area contributed by atoms with Crippen molar-refractivity contribution in [3.63, 3.8) is 0 Å². The summed E-state index contributed by atoms with van der Waals surface area (Å²) in [6.45, 7) is 0.666. The molecule has 3 aromatic rings.